The predicted molar refractivity (Wildman–Crippen MR) is 131 cm³/mol. The summed E-state index contributed by atoms with van der Waals surface area (Å²) in [6, 6.07) is 18.0. The van der Waals surface area contributed by atoms with Crippen LogP contribution in [0.1, 0.15) is 27.9 Å². The molecule has 1 atom stereocenters. The number of nitrogens with one attached hydrogen (secondary N) is 1. The molecule has 4 rings (SSSR count). The molecule has 32 heavy (non-hydrogen) atoms. The minimum Gasteiger partial charge on any atom is -0.353 e. The Morgan fingerprint density at radius 1 is 1.09 bits per heavy atom. The monoisotopic (exact) mass is 469 g/mol. The van der Waals surface area contributed by atoms with E-state index in [1.807, 2.05) is 30.3 Å². The van der Waals surface area contributed by atoms with E-state index < -0.39 is 5.38 Å². The van der Waals surface area contributed by atoms with Crippen molar-refractivity contribution < 1.29 is 4.79 Å². The molecule has 1 aliphatic rings. The van der Waals surface area contributed by atoms with E-state index in [4.69, 9.17) is 16.6 Å². The van der Waals surface area contributed by atoms with E-state index in [1.165, 1.54) is 22.7 Å². The zero-order valence-corrected chi connectivity index (χ0v) is 19.8. The summed E-state index contributed by atoms with van der Waals surface area (Å²) in [5.41, 5.74) is 3.31. The number of hydrogen-bond acceptors (Lipinski definition) is 6. The van der Waals surface area contributed by atoms with Gasteiger partial charge in [0, 0.05) is 57.2 Å². The first-order chi connectivity index (χ1) is 15.6. The van der Waals surface area contributed by atoms with Crippen molar-refractivity contribution in [1.82, 2.24) is 19.6 Å². The van der Waals surface area contributed by atoms with Gasteiger partial charge in [0.25, 0.3) is 0 Å². The van der Waals surface area contributed by atoms with Crippen molar-refractivity contribution in [3.8, 4) is 0 Å². The van der Waals surface area contributed by atoms with Crippen molar-refractivity contribution in [1.29, 1.82) is 0 Å². The Morgan fingerprint density at radius 3 is 2.53 bits per heavy atom. The number of piperazine rings is 1. The van der Waals surface area contributed by atoms with Gasteiger partial charge in [-0.1, -0.05) is 60.2 Å². The molecular weight excluding hydrogens is 442 g/mol. The van der Waals surface area contributed by atoms with Crippen LogP contribution in [0.2, 0.25) is 0 Å². The minimum absolute atomic E-state index is 0.147. The van der Waals surface area contributed by atoms with E-state index in [0.717, 1.165) is 55.7 Å². The molecule has 1 fully saturated rings. The number of rotatable bonds is 8. The van der Waals surface area contributed by atoms with Crippen LogP contribution < -0.4 is 10.2 Å². The fourth-order valence-electron chi connectivity index (χ4n) is 3.70. The number of carbonyl (C=O) groups is 1. The second-order valence-electron chi connectivity index (χ2n) is 8.05. The van der Waals surface area contributed by atoms with Gasteiger partial charge in [-0.3, -0.25) is 9.69 Å². The molecule has 1 unspecified atom stereocenters. The van der Waals surface area contributed by atoms with E-state index in [1.54, 1.807) is 0 Å². The van der Waals surface area contributed by atoms with Gasteiger partial charge in [0.05, 0.1) is 0 Å². The number of aromatic nitrogens is 2. The van der Waals surface area contributed by atoms with Crippen LogP contribution in [-0.2, 0) is 11.2 Å². The van der Waals surface area contributed by atoms with Gasteiger partial charge in [-0.05, 0) is 18.1 Å². The van der Waals surface area contributed by atoms with Crippen LogP contribution in [0, 0.1) is 6.92 Å². The van der Waals surface area contributed by atoms with Gasteiger partial charge in [0.2, 0.25) is 11.0 Å². The molecular formula is C24H28ClN5OS. The first-order valence-corrected chi connectivity index (χ1v) is 12.1. The summed E-state index contributed by atoms with van der Waals surface area (Å²) in [4.78, 5) is 21.7. The number of aryl methyl sites for hydroxylation is 1. The van der Waals surface area contributed by atoms with Crippen molar-refractivity contribution in [3.05, 3.63) is 77.1 Å². The second kappa shape index (κ2) is 10.9. The lowest BCUT2D eigenvalue weighted by Gasteiger charge is -2.34. The summed E-state index contributed by atoms with van der Waals surface area (Å²) < 4.78 is 4.55. The summed E-state index contributed by atoms with van der Waals surface area (Å²) in [5, 5.41) is 3.29. The average molecular weight is 470 g/mol. The molecule has 0 radical (unpaired) electrons. The molecule has 1 aliphatic heterocycles. The van der Waals surface area contributed by atoms with Gasteiger partial charge in [-0.15, -0.1) is 11.6 Å². The quantitative estimate of drug-likeness (QED) is 0.510. The number of carbonyl (C=O) groups excluding carboxylic acids is 1. The first-order valence-electron chi connectivity index (χ1n) is 10.9. The Bertz CT molecular complexity index is 1000. The Balaban J connectivity index is 1.19. The maximum Gasteiger partial charge on any atom is 0.242 e. The second-order valence-corrected chi connectivity index (χ2v) is 9.22. The Morgan fingerprint density at radius 2 is 1.81 bits per heavy atom. The third-order valence-electron chi connectivity index (χ3n) is 5.63. The van der Waals surface area contributed by atoms with Gasteiger partial charge in [0.15, 0.2) is 0 Å². The molecule has 0 spiro atoms. The minimum atomic E-state index is -0.653. The smallest absolute Gasteiger partial charge is 0.242 e. The summed E-state index contributed by atoms with van der Waals surface area (Å²) >= 11 is 7.76. The zero-order valence-electron chi connectivity index (χ0n) is 18.2. The number of alkyl halides is 1. The highest BCUT2D eigenvalue weighted by Crippen LogP contribution is 2.21. The molecule has 1 saturated heterocycles. The molecule has 168 valence electrons. The largest absolute Gasteiger partial charge is 0.353 e. The third-order valence-corrected chi connectivity index (χ3v) is 6.90. The highest BCUT2D eigenvalue weighted by molar-refractivity contribution is 7.09. The van der Waals surface area contributed by atoms with Gasteiger partial charge >= 0.3 is 0 Å². The summed E-state index contributed by atoms with van der Waals surface area (Å²) in [6.45, 7) is 7.19. The predicted octanol–water partition coefficient (Wildman–Crippen LogP) is 3.66. The van der Waals surface area contributed by atoms with Gasteiger partial charge in [0.1, 0.15) is 11.2 Å². The van der Waals surface area contributed by atoms with E-state index in [0.29, 0.717) is 6.54 Å². The maximum absolute atomic E-state index is 12.3. The molecule has 0 saturated carbocycles. The number of hydrogen-bond donors (Lipinski definition) is 1. The van der Waals surface area contributed by atoms with Crippen LogP contribution in [-0.4, -0.2) is 59.4 Å². The summed E-state index contributed by atoms with van der Waals surface area (Å²) in [7, 11) is 0. The molecule has 3 aromatic rings. The van der Waals surface area contributed by atoms with Gasteiger partial charge < -0.3 is 10.2 Å². The lowest BCUT2D eigenvalue weighted by molar-refractivity contribution is -0.120. The highest BCUT2D eigenvalue weighted by atomic mass is 35.5. The van der Waals surface area contributed by atoms with Crippen LogP contribution in [0.5, 0.6) is 0 Å². The number of benzene rings is 2. The van der Waals surface area contributed by atoms with Crippen LogP contribution in [0.15, 0.2) is 54.6 Å². The molecule has 1 aromatic heterocycles. The number of halogens is 1. The molecule has 1 N–H and O–H groups in total. The van der Waals surface area contributed by atoms with Crippen molar-refractivity contribution in [3.63, 3.8) is 0 Å². The number of anilines is 1. The standard InChI is InChI=1S/C24H28ClN5OS/c1-18-7-9-19(10-8-18)17-21-27-24(32-28-21)30-15-13-29(14-16-30)12-11-26-23(31)22(25)20-5-3-2-4-6-20/h2-10,22H,11-17H2,1H3,(H,26,31). The normalized spacial score (nSPS) is 15.5. The van der Waals surface area contributed by atoms with E-state index in [9.17, 15) is 4.79 Å². The topological polar surface area (TPSA) is 61.4 Å². The first kappa shape index (κ1) is 22.7. The van der Waals surface area contributed by atoms with E-state index in [-0.39, 0.29) is 5.91 Å². The van der Waals surface area contributed by atoms with E-state index in [2.05, 4.69) is 50.7 Å². The third kappa shape index (κ3) is 6.06. The molecule has 6 nitrogen and oxygen atoms in total. The average Bonchev–Trinajstić information content (AvgIpc) is 3.29. The molecule has 1 amide bonds. The van der Waals surface area contributed by atoms with Crippen molar-refractivity contribution in [2.45, 2.75) is 18.7 Å². The molecule has 2 heterocycles. The maximum atomic E-state index is 12.3. The zero-order chi connectivity index (χ0) is 22.3. The van der Waals surface area contributed by atoms with Crippen LogP contribution in [0.4, 0.5) is 5.13 Å². The van der Waals surface area contributed by atoms with E-state index >= 15 is 0 Å². The summed E-state index contributed by atoms with van der Waals surface area (Å²) in [6.07, 6.45) is 0.765. The van der Waals surface area contributed by atoms with Crippen LogP contribution in [0.3, 0.4) is 0 Å². The van der Waals surface area contributed by atoms with Gasteiger partial charge in [-0.2, -0.15) is 4.37 Å². The fourth-order valence-corrected chi connectivity index (χ4v) is 4.66. The number of amides is 1. The van der Waals surface area contributed by atoms with Crippen molar-refractivity contribution >= 4 is 34.2 Å². The van der Waals surface area contributed by atoms with Crippen LogP contribution >= 0.6 is 23.1 Å². The Kier molecular flexibility index (Phi) is 7.73. The van der Waals surface area contributed by atoms with Crippen LogP contribution in [0.25, 0.3) is 0 Å². The molecule has 0 bridgehead atoms. The molecule has 0 aliphatic carbocycles. The molecule has 2 aromatic carbocycles. The highest BCUT2D eigenvalue weighted by Gasteiger charge is 2.21. The lowest BCUT2D eigenvalue weighted by atomic mass is 10.1. The van der Waals surface area contributed by atoms with Crippen molar-refractivity contribution in [2.24, 2.45) is 0 Å². The SMILES string of the molecule is Cc1ccc(Cc2nsc(N3CCN(CCNC(=O)C(Cl)c4ccccc4)CC3)n2)cc1. The lowest BCUT2D eigenvalue weighted by Crippen LogP contribution is -2.48. The van der Waals surface area contributed by atoms with Crippen molar-refractivity contribution in [2.75, 3.05) is 44.2 Å². The Labute approximate surface area is 198 Å². The molecule has 8 heteroatoms. The fraction of sp³-hybridized carbons (Fsp3) is 0.375. The summed E-state index contributed by atoms with van der Waals surface area (Å²) in [5.74, 6) is 0.736. The Hall–Kier alpha value is -2.48. The number of nitrogens with zero attached hydrogens (tertiary/aromatic N) is 4. The van der Waals surface area contributed by atoms with Gasteiger partial charge in [-0.25, -0.2) is 4.98 Å².